The smallest absolute Gasteiger partial charge is 0.122 e. The molecular weight excluding hydrogens is 430 g/mol. The molecule has 0 spiro atoms. The fourth-order valence-electron chi connectivity index (χ4n) is 5.66. The van der Waals surface area contributed by atoms with Crippen LogP contribution in [0, 0.1) is 0 Å². The zero-order chi connectivity index (χ0) is 25.9. The molecule has 2 N–H and O–H groups in total. The predicted molar refractivity (Wildman–Crippen MR) is 149 cm³/mol. The summed E-state index contributed by atoms with van der Waals surface area (Å²) in [5.41, 5.74) is 6.83. The quantitative estimate of drug-likeness (QED) is 0.377. The molecule has 0 radical (unpaired) electrons. The van der Waals surface area contributed by atoms with Crippen molar-refractivity contribution in [1.29, 1.82) is 0 Å². The van der Waals surface area contributed by atoms with E-state index < -0.39 is 0 Å². The molecule has 0 unspecified atom stereocenters. The average Bonchev–Trinajstić information content (AvgIpc) is 2.80. The van der Waals surface area contributed by atoms with Crippen LogP contribution in [0.25, 0.3) is 0 Å². The number of hydrogen-bond acceptors (Lipinski definition) is 3. The van der Waals surface area contributed by atoms with E-state index in [1.165, 1.54) is 43.2 Å². The maximum atomic E-state index is 10.9. The van der Waals surface area contributed by atoms with Crippen molar-refractivity contribution in [1.82, 2.24) is 4.90 Å². The molecule has 0 aliphatic heterocycles. The number of phenolic OH excluding ortho intramolecular Hbond substituents is 2. The predicted octanol–water partition coefficient (Wildman–Crippen LogP) is 8.93. The van der Waals surface area contributed by atoms with Gasteiger partial charge < -0.3 is 10.2 Å². The first-order valence-corrected chi connectivity index (χ1v) is 13.9. The van der Waals surface area contributed by atoms with Gasteiger partial charge in [-0.3, -0.25) is 4.90 Å². The van der Waals surface area contributed by atoms with E-state index in [0.29, 0.717) is 17.5 Å². The Balaban J connectivity index is 2.02. The Hall–Kier alpha value is -2.00. The minimum atomic E-state index is 0.287. The monoisotopic (exact) mass is 479 g/mol. The number of hydrogen-bond donors (Lipinski definition) is 2. The van der Waals surface area contributed by atoms with Gasteiger partial charge in [-0.05, 0) is 69.9 Å². The summed E-state index contributed by atoms with van der Waals surface area (Å²) < 4.78 is 0. The summed E-state index contributed by atoms with van der Waals surface area (Å²) in [7, 11) is 0. The lowest BCUT2D eigenvalue weighted by molar-refractivity contribution is 0.139. The lowest BCUT2D eigenvalue weighted by Crippen LogP contribution is -2.36. The molecule has 1 aliphatic carbocycles. The van der Waals surface area contributed by atoms with Gasteiger partial charge in [0.25, 0.3) is 0 Å². The van der Waals surface area contributed by atoms with Crippen LogP contribution in [0.3, 0.4) is 0 Å². The molecule has 3 heteroatoms. The van der Waals surface area contributed by atoms with Gasteiger partial charge in [0.1, 0.15) is 11.5 Å². The minimum absolute atomic E-state index is 0.287. The number of phenols is 2. The summed E-state index contributed by atoms with van der Waals surface area (Å²) in [6, 6.07) is 9.51. The lowest BCUT2D eigenvalue weighted by Gasteiger charge is -2.35. The van der Waals surface area contributed by atoms with Crippen LogP contribution in [-0.2, 0) is 13.1 Å². The highest BCUT2D eigenvalue weighted by molar-refractivity contribution is 5.48. The SMILES string of the molecule is CC(C)c1cc(CN(Cc2cc(C(C)C)c(O)c(C(C)C)c2)C2CCCCC2)cc(C(C)C)c1O. The molecule has 0 saturated heterocycles. The van der Waals surface area contributed by atoms with E-state index in [4.69, 9.17) is 0 Å². The molecule has 0 amide bonds. The highest BCUT2D eigenvalue weighted by Crippen LogP contribution is 2.38. The highest BCUT2D eigenvalue weighted by atomic mass is 16.3. The average molecular weight is 480 g/mol. The third-order valence-electron chi connectivity index (χ3n) is 7.81. The number of nitrogens with zero attached hydrogens (tertiary/aromatic N) is 1. The Morgan fingerprint density at radius 2 is 0.914 bits per heavy atom. The second-order valence-electron chi connectivity index (χ2n) is 12.1. The molecule has 0 heterocycles. The van der Waals surface area contributed by atoms with Crippen LogP contribution in [0.2, 0.25) is 0 Å². The lowest BCUT2D eigenvalue weighted by atomic mass is 9.89. The fourth-order valence-corrected chi connectivity index (χ4v) is 5.66. The van der Waals surface area contributed by atoms with E-state index in [9.17, 15) is 10.2 Å². The number of aromatic hydroxyl groups is 2. The molecule has 3 nitrogen and oxygen atoms in total. The van der Waals surface area contributed by atoms with Crippen LogP contribution in [-0.4, -0.2) is 21.2 Å². The van der Waals surface area contributed by atoms with Gasteiger partial charge in [-0.2, -0.15) is 0 Å². The van der Waals surface area contributed by atoms with Gasteiger partial charge in [0.15, 0.2) is 0 Å². The first kappa shape index (κ1) is 27.6. The van der Waals surface area contributed by atoms with Crippen molar-refractivity contribution in [2.24, 2.45) is 0 Å². The standard InChI is InChI=1S/C32H49NO2/c1-20(2)27-14-24(15-28(21(3)4)31(27)34)18-33(26-12-10-9-11-13-26)19-25-16-29(22(5)6)32(35)30(17-25)23(7)8/h14-17,20-23,26,34-35H,9-13,18-19H2,1-8H3. The second kappa shape index (κ2) is 11.8. The molecule has 1 saturated carbocycles. The molecule has 0 bridgehead atoms. The summed E-state index contributed by atoms with van der Waals surface area (Å²) in [6.07, 6.45) is 6.44. The van der Waals surface area contributed by atoms with Crippen LogP contribution in [0.15, 0.2) is 24.3 Å². The van der Waals surface area contributed by atoms with Crippen LogP contribution in [0.4, 0.5) is 0 Å². The van der Waals surface area contributed by atoms with Crippen LogP contribution in [0.5, 0.6) is 11.5 Å². The fraction of sp³-hybridized carbons (Fsp3) is 0.625. The topological polar surface area (TPSA) is 43.7 Å². The first-order chi connectivity index (χ1) is 16.5. The van der Waals surface area contributed by atoms with Gasteiger partial charge in [0.05, 0.1) is 0 Å². The molecule has 1 aliphatic rings. The molecule has 2 aromatic carbocycles. The van der Waals surface area contributed by atoms with E-state index in [1.54, 1.807) is 0 Å². The largest absolute Gasteiger partial charge is 0.507 e. The van der Waals surface area contributed by atoms with Gasteiger partial charge in [-0.1, -0.05) is 98.9 Å². The van der Waals surface area contributed by atoms with Gasteiger partial charge in [-0.15, -0.1) is 0 Å². The number of benzene rings is 2. The summed E-state index contributed by atoms with van der Waals surface area (Å²) in [4.78, 5) is 2.67. The maximum Gasteiger partial charge on any atom is 0.122 e. The Morgan fingerprint density at radius 1 is 0.600 bits per heavy atom. The Bertz CT molecular complexity index is 854. The van der Waals surface area contributed by atoms with Crippen molar-refractivity contribution in [2.75, 3.05) is 0 Å². The molecule has 0 aromatic heterocycles. The summed E-state index contributed by atoms with van der Waals surface area (Å²) >= 11 is 0. The van der Waals surface area contributed by atoms with Crippen molar-refractivity contribution in [2.45, 2.75) is 130 Å². The van der Waals surface area contributed by atoms with E-state index in [-0.39, 0.29) is 23.7 Å². The number of rotatable bonds is 9. The van der Waals surface area contributed by atoms with Crippen LogP contribution >= 0.6 is 0 Å². The van der Waals surface area contributed by atoms with Crippen molar-refractivity contribution in [3.63, 3.8) is 0 Å². The van der Waals surface area contributed by atoms with E-state index in [0.717, 1.165) is 35.3 Å². The van der Waals surface area contributed by atoms with Gasteiger partial charge in [-0.25, -0.2) is 0 Å². The summed E-state index contributed by atoms with van der Waals surface area (Å²) in [5.74, 6) is 2.10. The highest BCUT2D eigenvalue weighted by Gasteiger charge is 2.24. The van der Waals surface area contributed by atoms with E-state index in [1.807, 2.05) is 0 Å². The van der Waals surface area contributed by atoms with Gasteiger partial charge >= 0.3 is 0 Å². The molecule has 1 fully saturated rings. The van der Waals surface area contributed by atoms with Crippen molar-refractivity contribution in [3.05, 3.63) is 57.6 Å². The maximum absolute atomic E-state index is 10.9. The van der Waals surface area contributed by atoms with Crippen molar-refractivity contribution in [3.8, 4) is 11.5 Å². The Morgan fingerprint density at radius 3 is 1.20 bits per heavy atom. The van der Waals surface area contributed by atoms with E-state index in [2.05, 4.69) is 84.6 Å². The van der Waals surface area contributed by atoms with Crippen LogP contribution < -0.4 is 0 Å². The third kappa shape index (κ3) is 6.61. The molecule has 3 rings (SSSR count). The third-order valence-corrected chi connectivity index (χ3v) is 7.81. The summed E-state index contributed by atoms with van der Waals surface area (Å²) in [5, 5.41) is 21.9. The normalized spacial score (nSPS) is 15.3. The first-order valence-electron chi connectivity index (χ1n) is 13.9. The molecule has 35 heavy (non-hydrogen) atoms. The van der Waals surface area contributed by atoms with Gasteiger partial charge in [0, 0.05) is 19.1 Å². The summed E-state index contributed by atoms with van der Waals surface area (Å²) in [6.45, 7) is 19.1. The zero-order valence-corrected chi connectivity index (χ0v) is 23.5. The molecule has 194 valence electrons. The van der Waals surface area contributed by atoms with Crippen molar-refractivity contribution >= 4 is 0 Å². The second-order valence-corrected chi connectivity index (χ2v) is 12.1. The Kier molecular flexibility index (Phi) is 9.32. The van der Waals surface area contributed by atoms with Crippen molar-refractivity contribution < 1.29 is 10.2 Å². The van der Waals surface area contributed by atoms with Gasteiger partial charge in [0.2, 0.25) is 0 Å². The Labute approximate surface area is 214 Å². The van der Waals surface area contributed by atoms with Crippen LogP contribution in [0.1, 0.15) is 145 Å². The minimum Gasteiger partial charge on any atom is -0.507 e. The van der Waals surface area contributed by atoms with E-state index >= 15 is 0 Å². The molecule has 0 atom stereocenters. The molecule has 2 aromatic rings. The molecular formula is C32H49NO2. The zero-order valence-electron chi connectivity index (χ0n) is 23.5.